The molecule has 2 amide bonds. The molecular formula is C31H34FN3O3. The highest BCUT2D eigenvalue weighted by Gasteiger charge is 2.24. The number of aromatic nitrogens is 1. The molecule has 4 rings (SSSR count). The molecule has 0 fully saturated rings. The maximum Gasteiger partial charge on any atom is 0.257 e. The first-order valence-electron chi connectivity index (χ1n) is 13.0. The van der Waals surface area contributed by atoms with Gasteiger partial charge in [-0.25, -0.2) is 4.39 Å². The second-order valence-electron chi connectivity index (χ2n) is 9.33. The van der Waals surface area contributed by atoms with Gasteiger partial charge in [-0.1, -0.05) is 55.8 Å². The molecule has 1 heterocycles. The molecule has 1 N–H and O–H groups in total. The van der Waals surface area contributed by atoms with Crippen molar-refractivity contribution in [2.45, 2.75) is 32.7 Å². The first kappa shape index (κ1) is 26.9. The van der Waals surface area contributed by atoms with Crippen LogP contribution in [0.5, 0.6) is 5.75 Å². The van der Waals surface area contributed by atoms with Gasteiger partial charge in [0.05, 0.1) is 12.7 Å². The number of aromatic amines is 1. The van der Waals surface area contributed by atoms with Gasteiger partial charge in [-0.05, 0) is 54.3 Å². The molecule has 0 aliphatic heterocycles. The number of carbonyl (C=O) groups is 2. The Labute approximate surface area is 223 Å². The van der Waals surface area contributed by atoms with Crippen molar-refractivity contribution >= 4 is 22.7 Å². The van der Waals surface area contributed by atoms with E-state index in [0.29, 0.717) is 26.1 Å². The molecule has 0 saturated carbocycles. The number of fused-ring (bicyclic) bond motifs is 1. The summed E-state index contributed by atoms with van der Waals surface area (Å²) >= 11 is 0. The zero-order valence-electron chi connectivity index (χ0n) is 22.0. The summed E-state index contributed by atoms with van der Waals surface area (Å²) in [6.07, 6.45) is 4.21. The number of carbonyl (C=O) groups excluding carboxylic acids is 2. The van der Waals surface area contributed by atoms with Crippen molar-refractivity contribution in [1.82, 2.24) is 14.8 Å². The first-order valence-corrected chi connectivity index (χ1v) is 13.0. The van der Waals surface area contributed by atoms with Gasteiger partial charge in [-0.3, -0.25) is 9.59 Å². The number of rotatable bonds is 12. The third-order valence-corrected chi connectivity index (χ3v) is 6.71. The first-order chi connectivity index (χ1) is 18.5. The van der Waals surface area contributed by atoms with E-state index in [9.17, 15) is 14.0 Å². The van der Waals surface area contributed by atoms with E-state index in [2.05, 4.69) is 11.1 Å². The van der Waals surface area contributed by atoms with E-state index < -0.39 is 11.7 Å². The van der Waals surface area contributed by atoms with Crippen molar-refractivity contribution < 1.29 is 18.7 Å². The van der Waals surface area contributed by atoms with Crippen LogP contribution in [-0.4, -0.2) is 53.3 Å². The minimum atomic E-state index is -0.583. The van der Waals surface area contributed by atoms with Crippen molar-refractivity contribution in [3.8, 4) is 5.75 Å². The Morgan fingerprint density at radius 3 is 2.39 bits per heavy atom. The van der Waals surface area contributed by atoms with Gasteiger partial charge in [0.2, 0.25) is 5.91 Å². The molecule has 0 spiro atoms. The zero-order valence-corrected chi connectivity index (χ0v) is 22.0. The van der Waals surface area contributed by atoms with Crippen LogP contribution in [0, 0.1) is 5.82 Å². The number of hydrogen-bond donors (Lipinski definition) is 1. The molecule has 4 aromatic rings. The number of hydrogen-bond acceptors (Lipinski definition) is 3. The molecule has 3 aromatic carbocycles. The van der Waals surface area contributed by atoms with Crippen LogP contribution in [0.4, 0.5) is 4.39 Å². The predicted octanol–water partition coefficient (Wildman–Crippen LogP) is 5.83. The number of ether oxygens (including phenoxy) is 1. The number of methoxy groups -OCH3 is 1. The molecule has 0 aliphatic carbocycles. The fourth-order valence-corrected chi connectivity index (χ4v) is 4.51. The largest absolute Gasteiger partial charge is 0.497 e. The molecule has 6 nitrogen and oxygen atoms in total. The van der Waals surface area contributed by atoms with Crippen LogP contribution in [0.25, 0.3) is 10.9 Å². The molecule has 0 saturated heterocycles. The van der Waals surface area contributed by atoms with E-state index in [1.165, 1.54) is 17.0 Å². The third-order valence-electron chi connectivity index (χ3n) is 6.71. The minimum Gasteiger partial charge on any atom is -0.497 e. The molecular weight excluding hydrogens is 481 g/mol. The van der Waals surface area contributed by atoms with E-state index in [0.717, 1.165) is 40.6 Å². The van der Waals surface area contributed by atoms with Gasteiger partial charge in [0, 0.05) is 36.7 Å². The summed E-state index contributed by atoms with van der Waals surface area (Å²) in [4.78, 5) is 33.5. The highest BCUT2D eigenvalue weighted by molar-refractivity contribution is 5.96. The van der Waals surface area contributed by atoms with E-state index in [-0.39, 0.29) is 18.0 Å². The maximum atomic E-state index is 14.4. The number of amides is 2. The Morgan fingerprint density at radius 1 is 0.921 bits per heavy atom. The van der Waals surface area contributed by atoms with Crippen LogP contribution >= 0.6 is 0 Å². The lowest BCUT2D eigenvalue weighted by molar-refractivity contribution is -0.132. The van der Waals surface area contributed by atoms with Gasteiger partial charge < -0.3 is 19.5 Å². The summed E-state index contributed by atoms with van der Waals surface area (Å²) in [6.45, 7) is 3.15. The van der Waals surface area contributed by atoms with Crippen molar-refractivity contribution in [3.63, 3.8) is 0 Å². The van der Waals surface area contributed by atoms with Crippen molar-refractivity contribution in [3.05, 3.63) is 102 Å². The van der Waals surface area contributed by atoms with Crippen LogP contribution in [0.2, 0.25) is 0 Å². The van der Waals surface area contributed by atoms with Gasteiger partial charge in [0.25, 0.3) is 5.91 Å². The molecule has 38 heavy (non-hydrogen) atoms. The molecule has 0 aliphatic rings. The second-order valence-corrected chi connectivity index (χ2v) is 9.33. The quantitative estimate of drug-likeness (QED) is 0.258. The Kier molecular flexibility index (Phi) is 9.14. The summed E-state index contributed by atoms with van der Waals surface area (Å²) in [5.74, 6) is -0.486. The lowest BCUT2D eigenvalue weighted by Crippen LogP contribution is -2.44. The predicted molar refractivity (Wildman–Crippen MR) is 148 cm³/mol. The smallest absolute Gasteiger partial charge is 0.257 e. The Hall–Kier alpha value is -4.13. The maximum absolute atomic E-state index is 14.4. The fraction of sp³-hybridized carbons (Fsp3) is 0.290. The van der Waals surface area contributed by atoms with Crippen molar-refractivity contribution in [2.75, 3.05) is 26.7 Å². The van der Waals surface area contributed by atoms with Gasteiger partial charge in [0.15, 0.2) is 0 Å². The van der Waals surface area contributed by atoms with Crippen LogP contribution in [0.1, 0.15) is 41.3 Å². The topological polar surface area (TPSA) is 65.6 Å². The highest BCUT2D eigenvalue weighted by Crippen LogP contribution is 2.20. The van der Waals surface area contributed by atoms with Crippen LogP contribution in [0.3, 0.4) is 0 Å². The van der Waals surface area contributed by atoms with E-state index >= 15 is 0 Å². The molecule has 0 radical (unpaired) electrons. The normalized spacial score (nSPS) is 10.9. The average molecular weight is 516 g/mol. The summed E-state index contributed by atoms with van der Waals surface area (Å²) < 4.78 is 19.7. The molecule has 7 heteroatoms. The Bertz CT molecular complexity index is 1370. The summed E-state index contributed by atoms with van der Waals surface area (Å²) in [5.41, 5.74) is 3.12. The van der Waals surface area contributed by atoms with Gasteiger partial charge >= 0.3 is 0 Å². The molecule has 198 valence electrons. The molecule has 0 bridgehead atoms. The minimum absolute atomic E-state index is 0.0168. The van der Waals surface area contributed by atoms with Gasteiger partial charge in [0.1, 0.15) is 18.1 Å². The number of nitrogens with zero attached hydrogens (tertiary/aromatic N) is 2. The lowest BCUT2D eigenvalue weighted by Gasteiger charge is -2.28. The van der Waals surface area contributed by atoms with Gasteiger partial charge in [-0.2, -0.15) is 0 Å². The Morgan fingerprint density at radius 2 is 1.66 bits per heavy atom. The van der Waals surface area contributed by atoms with E-state index in [1.807, 2.05) is 55.6 Å². The number of unbranched alkanes of at least 4 members (excludes halogenated alkanes) is 1. The molecule has 1 aromatic heterocycles. The van der Waals surface area contributed by atoms with E-state index in [4.69, 9.17) is 4.74 Å². The second kappa shape index (κ2) is 12.9. The SMILES string of the molecule is CCCCN(CC(=O)N(CCc1c[nH]c2ccccc12)Cc1ccc(OC)cc1)C(=O)c1ccccc1F. The lowest BCUT2D eigenvalue weighted by atomic mass is 10.1. The van der Waals surface area contributed by atoms with Crippen molar-refractivity contribution in [1.29, 1.82) is 0 Å². The number of para-hydroxylation sites is 1. The van der Waals surface area contributed by atoms with E-state index in [1.54, 1.807) is 24.1 Å². The zero-order chi connectivity index (χ0) is 26.9. The Balaban J connectivity index is 1.55. The molecule has 0 atom stereocenters. The number of benzene rings is 3. The summed E-state index contributed by atoms with van der Waals surface area (Å²) in [7, 11) is 1.61. The highest BCUT2D eigenvalue weighted by atomic mass is 19.1. The fourth-order valence-electron chi connectivity index (χ4n) is 4.51. The van der Waals surface area contributed by atoms with Gasteiger partial charge in [-0.15, -0.1) is 0 Å². The standard InChI is InChI=1S/C31H34FN3O3/c1-3-4-18-35(31(37)27-10-5-7-11-28(27)32)22-30(36)34(21-23-13-15-25(38-2)16-14-23)19-17-24-20-33-29-12-8-6-9-26(24)29/h5-16,20,33H,3-4,17-19,21-22H2,1-2H3. The third kappa shape index (κ3) is 6.59. The van der Waals surface area contributed by atoms with Crippen molar-refractivity contribution in [2.24, 2.45) is 0 Å². The average Bonchev–Trinajstić information content (AvgIpc) is 3.36. The summed E-state index contributed by atoms with van der Waals surface area (Å²) in [6, 6.07) is 21.6. The van der Waals surface area contributed by atoms with Crippen LogP contribution in [-0.2, 0) is 17.8 Å². The monoisotopic (exact) mass is 515 g/mol. The van der Waals surface area contributed by atoms with Crippen LogP contribution < -0.4 is 4.74 Å². The number of nitrogens with one attached hydrogen (secondary N) is 1. The number of H-pyrrole nitrogens is 1. The molecule has 0 unspecified atom stereocenters. The van der Waals surface area contributed by atoms with Crippen LogP contribution in [0.15, 0.2) is 79.0 Å². The summed E-state index contributed by atoms with van der Waals surface area (Å²) in [5, 5.41) is 1.13. The number of halogens is 1.